The molecule has 0 bridgehead atoms. The molecule has 0 spiro atoms. The molecule has 0 aliphatic carbocycles. The Balaban J connectivity index is 1.94. The summed E-state index contributed by atoms with van der Waals surface area (Å²) in [5, 5.41) is 0. The molecule has 29 heavy (non-hydrogen) atoms. The maximum atomic E-state index is 13.0. The summed E-state index contributed by atoms with van der Waals surface area (Å²) in [6.07, 6.45) is 0. The molecular weight excluding hydrogens is 390 g/mol. The Bertz CT molecular complexity index is 1050. The van der Waals surface area contributed by atoms with Crippen molar-refractivity contribution in [3.8, 4) is 5.75 Å². The molecule has 8 heteroatoms. The van der Waals surface area contributed by atoms with Gasteiger partial charge in [-0.05, 0) is 68.5 Å². The number of imide groups is 1. The second kappa shape index (κ2) is 7.29. The van der Waals surface area contributed by atoms with Crippen LogP contribution in [0.15, 0.2) is 36.4 Å². The van der Waals surface area contributed by atoms with Crippen LogP contribution in [0.3, 0.4) is 0 Å². The van der Waals surface area contributed by atoms with Gasteiger partial charge in [0.2, 0.25) is 8.32 Å². The Morgan fingerprint density at radius 3 is 2.17 bits per heavy atom. The van der Waals surface area contributed by atoms with Gasteiger partial charge in [0.05, 0.1) is 22.4 Å². The van der Waals surface area contributed by atoms with E-state index in [1.165, 1.54) is 31.2 Å². The molecule has 1 aliphatic heterocycles. The van der Waals surface area contributed by atoms with E-state index in [0.29, 0.717) is 17.0 Å². The summed E-state index contributed by atoms with van der Waals surface area (Å²) in [6.45, 7) is 8.66. The predicted octanol–water partition coefficient (Wildman–Crippen LogP) is 3.71. The lowest BCUT2D eigenvalue weighted by atomic mass is 10.1. The molecule has 0 saturated heterocycles. The number of carbonyl (C=O) groups excluding carboxylic acids is 4. The first-order valence-corrected chi connectivity index (χ1v) is 12.4. The minimum absolute atomic E-state index is 0.156. The number of hydrogen-bond acceptors (Lipinski definition) is 6. The molecule has 3 rings (SSSR count). The number of ether oxygens (including phenoxy) is 1. The van der Waals surface area contributed by atoms with E-state index in [0.717, 1.165) is 4.90 Å². The molecule has 0 fully saturated rings. The average molecular weight is 411 g/mol. The molecule has 0 aromatic heterocycles. The standard InChI is InChI=1S/C21H21NO6Si/c1-12-10-15(27-13(2)23)7-9-18(12)22-19(24)16-8-6-14(11-17(16)20(22)25)21(26)28-29(3,4)5/h6-11H,1-5H3. The quantitative estimate of drug-likeness (QED) is 0.330. The van der Waals surface area contributed by atoms with Crippen molar-refractivity contribution in [2.24, 2.45) is 0 Å². The van der Waals surface area contributed by atoms with Crippen LogP contribution in [0.1, 0.15) is 43.6 Å². The Hall–Kier alpha value is -3.26. The minimum Gasteiger partial charge on any atom is -0.516 e. The summed E-state index contributed by atoms with van der Waals surface area (Å²) in [5.41, 5.74) is 1.59. The molecule has 0 unspecified atom stereocenters. The maximum Gasteiger partial charge on any atom is 0.324 e. The van der Waals surface area contributed by atoms with Crippen LogP contribution in [0.25, 0.3) is 0 Å². The zero-order valence-electron chi connectivity index (χ0n) is 16.9. The van der Waals surface area contributed by atoms with Gasteiger partial charge in [0.25, 0.3) is 11.8 Å². The van der Waals surface area contributed by atoms with E-state index in [1.54, 1.807) is 19.1 Å². The van der Waals surface area contributed by atoms with E-state index < -0.39 is 32.1 Å². The first-order valence-electron chi connectivity index (χ1n) is 9.03. The van der Waals surface area contributed by atoms with Crippen LogP contribution in [0.2, 0.25) is 19.6 Å². The lowest BCUT2D eigenvalue weighted by Gasteiger charge is -2.17. The van der Waals surface area contributed by atoms with Gasteiger partial charge in [0.15, 0.2) is 0 Å². The molecule has 2 aromatic rings. The Kier molecular flexibility index (Phi) is 5.14. The lowest BCUT2D eigenvalue weighted by molar-refractivity contribution is -0.131. The number of fused-ring (bicyclic) bond motifs is 1. The molecule has 2 amide bonds. The number of nitrogens with zero attached hydrogens (tertiary/aromatic N) is 1. The Morgan fingerprint density at radius 2 is 1.59 bits per heavy atom. The molecule has 150 valence electrons. The highest BCUT2D eigenvalue weighted by Crippen LogP contribution is 2.33. The third-order valence-electron chi connectivity index (χ3n) is 4.19. The highest BCUT2D eigenvalue weighted by molar-refractivity contribution is 6.71. The van der Waals surface area contributed by atoms with E-state index >= 15 is 0 Å². The summed E-state index contributed by atoms with van der Waals surface area (Å²) in [6, 6.07) is 9.02. The van der Waals surface area contributed by atoms with Gasteiger partial charge in [0, 0.05) is 6.92 Å². The number of amides is 2. The summed E-state index contributed by atoms with van der Waals surface area (Å²) in [5.74, 6) is -1.63. The van der Waals surface area contributed by atoms with Crippen LogP contribution >= 0.6 is 0 Å². The fourth-order valence-corrected chi connectivity index (χ4v) is 3.71. The zero-order chi connectivity index (χ0) is 21.5. The molecule has 1 heterocycles. The van der Waals surface area contributed by atoms with E-state index in [1.807, 2.05) is 19.6 Å². The van der Waals surface area contributed by atoms with Crippen LogP contribution in [-0.4, -0.2) is 32.1 Å². The molecule has 2 aromatic carbocycles. The molecule has 0 saturated carbocycles. The summed E-state index contributed by atoms with van der Waals surface area (Å²) >= 11 is 0. The SMILES string of the molecule is CC(=O)Oc1ccc(N2C(=O)c3ccc(C(=O)O[Si](C)(C)C)cc3C2=O)c(C)c1. The van der Waals surface area contributed by atoms with Gasteiger partial charge in [-0.3, -0.25) is 14.4 Å². The molecular formula is C21H21NO6Si. The van der Waals surface area contributed by atoms with Crippen molar-refractivity contribution in [3.63, 3.8) is 0 Å². The van der Waals surface area contributed by atoms with E-state index in [-0.39, 0.29) is 16.7 Å². The van der Waals surface area contributed by atoms with Crippen molar-refractivity contribution in [1.82, 2.24) is 0 Å². The van der Waals surface area contributed by atoms with Crippen molar-refractivity contribution < 1.29 is 28.3 Å². The van der Waals surface area contributed by atoms with Gasteiger partial charge in [-0.1, -0.05) is 0 Å². The van der Waals surface area contributed by atoms with E-state index in [9.17, 15) is 19.2 Å². The van der Waals surface area contributed by atoms with E-state index in [2.05, 4.69) is 0 Å². The number of rotatable bonds is 4. The molecule has 0 radical (unpaired) electrons. The van der Waals surface area contributed by atoms with Gasteiger partial charge in [-0.25, -0.2) is 9.69 Å². The highest BCUT2D eigenvalue weighted by Gasteiger charge is 2.38. The highest BCUT2D eigenvalue weighted by atomic mass is 28.4. The summed E-state index contributed by atoms with van der Waals surface area (Å²) in [4.78, 5) is 50.3. The number of carbonyl (C=O) groups is 4. The van der Waals surface area contributed by atoms with Gasteiger partial charge in [-0.2, -0.15) is 0 Å². The smallest absolute Gasteiger partial charge is 0.324 e. The van der Waals surface area contributed by atoms with Crippen LogP contribution in [0.5, 0.6) is 5.75 Å². The fourth-order valence-electron chi connectivity index (χ4n) is 3.03. The minimum atomic E-state index is -2.10. The topological polar surface area (TPSA) is 90.0 Å². The van der Waals surface area contributed by atoms with Crippen LogP contribution in [-0.2, 0) is 9.22 Å². The number of benzene rings is 2. The zero-order valence-corrected chi connectivity index (χ0v) is 17.9. The average Bonchev–Trinajstić information content (AvgIpc) is 2.84. The monoisotopic (exact) mass is 411 g/mol. The summed E-state index contributed by atoms with van der Waals surface area (Å²) < 4.78 is 10.5. The van der Waals surface area contributed by atoms with Gasteiger partial charge in [0.1, 0.15) is 5.75 Å². The normalized spacial score (nSPS) is 13.3. The third kappa shape index (κ3) is 4.12. The maximum absolute atomic E-state index is 13.0. The fraction of sp³-hybridized carbons (Fsp3) is 0.238. The third-order valence-corrected chi connectivity index (χ3v) is 4.99. The molecule has 7 nitrogen and oxygen atoms in total. The number of aryl methyl sites for hydroxylation is 1. The van der Waals surface area contributed by atoms with Crippen LogP contribution in [0, 0.1) is 6.92 Å². The number of esters is 1. The number of anilines is 1. The van der Waals surface area contributed by atoms with Crippen molar-refractivity contribution >= 4 is 37.8 Å². The van der Waals surface area contributed by atoms with Crippen molar-refractivity contribution in [2.75, 3.05) is 4.90 Å². The molecule has 0 atom stereocenters. The van der Waals surface area contributed by atoms with Crippen molar-refractivity contribution in [1.29, 1.82) is 0 Å². The first kappa shape index (κ1) is 20.5. The van der Waals surface area contributed by atoms with Crippen molar-refractivity contribution in [2.45, 2.75) is 33.5 Å². The lowest BCUT2D eigenvalue weighted by Crippen LogP contribution is -2.30. The molecule has 0 N–H and O–H groups in total. The second-order valence-corrected chi connectivity index (χ2v) is 12.2. The predicted molar refractivity (Wildman–Crippen MR) is 109 cm³/mol. The van der Waals surface area contributed by atoms with Crippen LogP contribution in [0.4, 0.5) is 5.69 Å². The second-order valence-electron chi connectivity index (χ2n) is 7.75. The van der Waals surface area contributed by atoms with Gasteiger partial charge in [-0.15, -0.1) is 0 Å². The van der Waals surface area contributed by atoms with Gasteiger partial charge < -0.3 is 9.16 Å². The largest absolute Gasteiger partial charge is 0.516 e. The summed E-state index contributed by atoms with van der Waals surface area (Å²) in [7, 11) is -2.10. The Morgan fingerprint density at radius 1 is 0.931 bits per heavy atom. The molecule has 1 aliphatic rings. The van der Waals surface area contributed by atoms with E-state index in [4.69, 9.17) is 9.16 Å². The number of hydrogen-bond donors (Lipinski definition) is 0. The Labute approximate surface area is 169 Å². The van der Waals surface area contributed by atoms with Gasteiger partial charge >= 0.3 is 11.9 Å². The van der Waals surface area contributed by atoms with Crippen molar-refractivity contribution in [3.05, 3.63) is 58.7 Å². The van der Waals surface area contributed by atoms with Crippen LogP contribution < -0.4 is 9.64 Å². The first-order chi connectivity index (χ1) is 13.5.